The predicted molar refractivity (Wildman–Crippen MR) is 102 cm³/mol. The number of likely N-dealkylation sites (tertiary alicyclic amines) is 1. The van der Waals surface area contributed by atoms with Gasteiger partial charge in [0.05, 0.1) is 6.54 Å². The molecule has 0 aromatic heterocycles. The van der Waals surface area contributed by atoms with Crippen LogP contribution >= 0.6 is 0 Å². The maximum absolute atomic E-state index is 13.8. The molecular weight excluding hydrogens is 348 g/mol. The Morgan fingerprint density at radius 2 is 1.81 bits per heavy atom. The SMILES string of the molecule is C[C@H](NCC(=O)Nc1ccc(CN2CCCC2)cc1)c1ccc(F)cc1F. The van der Waals surface area contributed by atoms with E-state index in [0.717, 1.165) is 31.4 Å². The summed E-state index contributed by atoms with van der Waals surface area (Å²) in [5.41, 5.74) is 2.29. The third-order valence-corrected chi connectivity index (χ3v) is 4.84. The van der Waals surface area contributed by atoms with E-state index in [1.165, 1.54) is 30.5 Å². The first-order valence-electron chi connectivity index (χ1n) is 9.31. The smallest absolute Gasteiger partial charge is 0.238 e. The molecule has 1 fully saturated rings. The Labute approximate surface area is 158 Å². The minimum atomic E-state index is -0.621. The molecule has 1 aliphatic heterocycles. The summed E-state index contributed by atoms with van der Waals surface area (Å²) in [7, 11) is 0. The number of halogens is 2. The zero-order valence-corrected chi connectivity index (χ0v) is 15.5. The Morgan fingerprint density at radius 1 is 1.11 bits per heavy atom. The zero-order valence-electron chi connectivity index (χ0n) is 15.5. The number of anilines is 1. The Kier molecular flexibility index (Phi) is 6.53. The van der Waals surface area contributed by atoms with Crippen molar-refractivity contribution in [1.82, 2.24) is 10.2 Å². The quantitative estimate of drug-likeness (QED) is 0.775. The van der Waals surface area contributed by atoms with Crippen molar-refractivity contribution in [3.63, 3.8) is 0 Å². The highest BCUT2D eigenvalue weighted by Crippen LogP contribution is 2.18. The van der Waals surface area contributed by atoms with Crippen LogP contribution in [0.15, 0.2) is 42.5 Å². The lowest BCUT2D eigenvalue weighted by molar-refractivity contribution is -0.115. The van der Waals surface area contributed by atoms with Gasteiger partial charge in [0.25, 0.3) is 0 Å². The largest absolute Gasteiger partial charge is 0.325 e. The van der Waals surface area contributed by atoms with Crippen LogP contribution in [0.3, 0.4) is 0 Å². The van der Waals surface area contributed by atoms with Gasteiger partial charge in [-0.3, -0.25) is 9.69 Å². The van der Waals surface area contributed by atoms with E-state index in [0.29, 0.717) is 5.56 Å². The Balaban J connectivity index is 1.47. The molecule has 0 aliphatic carbocycles. The van der Waals surface area contributed by atoms with Gasteiger partial charge in [-0.25, -0.2) is 8.78 Å². The molecule has 2 aromatic carbocycles. The molecule has 0 bridgehead atoms. The summed E-state index contributed by atoms with van der Waals surface area (Å²) >= 11 is 0. The van der Waals surface area contributed by atoms with Crippen LogP contribution in [0.1, 0.15) is 36.9 Å². The molecule has 1 atom stereocenters. The molecule has 0 radical (unpaired) electrons. The molecule has 0 saturated carbocycles. The lowest BCUT2D eigenvalue weighted by Gasteiger charge is -2.16. The molecule has 4 nitrogen and oxygen atoms in total. The summed E-state index contributed by atoms with van der Waals surface area (Å²) in [5.74, 6) is -1.45. The van der Waals surface area contributed by atoms with Gasteiger partial charge in [-0.1, -0.05) is 18.2 Å². The van der Waals surface area contributed by atoms with Crippen molar-refractivity contribution < 1.29 is 13.6 Å². The third kappa shape index (κ3) is 5.58. The molecule has 2 aromatic rings. The minimum Gasteiger partial charge on any atom is -0.325 e. The van der Waals surface area contributed by atoms with Gasteiger partial charge in [-0.15, -0.1) is 0 Å². The van der Waals surface area contributed by atoms with E-state index in [4.69, 9.17) is 0 Å². The van der Waals surface area contributed by atoms with Crippen LogP contribution in [-0.2, 0) is 11.3 Å². The van der Waals surface area contributed by atoms with Gasteiger partial charge >= 0.3 is 0 Å². The van der Waals surface area contributed by atoms with Crippen LogP contribution in [0.5, 0.6) is 0 Å². The molecule has 1 saturated heterocycles. The maximum Gasteiger partial charge on any atom is 0.238 e. The summed E-state index contributed by atoms with van der Waals surface area (Å²) in [5, 5.41) is 5.78. The van der Waals surface area contributed by atoms with Crippen molar-refractivity contribution in [1.29, 1.82) is 0 Å². The minimum absolute atomic E-state index is 0.0352. The Bertz CT molecular complexity index is 773. The first kappa shape index (κ1) is 19.5. The van der Waals surface area contributed by atoms with E-state index in [1.54, 1.807) is 6.92 Å². The molecule has 6 heteroatoms. The molecule has 3 rings (SSSR count). The molecule has 2 N–H and O–H groups in total. The fourth-order valence-corrected chi connectivity index (χ4v) is 3.31. The van der Waals surface area contributed by atoms with Crippen molar-refractivity contribution >= 4 is 11.6 Å². The second-order valence-electron chi connectivity index (χ2n) is 7.00. The fourth-order valence-electron chi connectivity index (χ4n) is 3.31. The van der Waals surface area contributed by atoms with E-state index < -0.39 is 17.7 Å². The van der Waals surface area contributed by atoms with Crippen LogP contribution in [0, 0.1) is 11.6 Å². The molecule has 1 amide bonds. The standard InChI is InChI=1S/C21H25F2N3O/c1-15(19-9-6-17(22)12-20(19)23)24-13-21(27)25-18-7-4-16(5-8-18)14-26-10-2-3-11-26/h4-9,12,15,24H,2-3,10-11,13-14H2,1H3,(H,25,27)/t15-/m0/s1. The molecule has 0 unspecified atom stereocenters. The molecule has 1 aliphatic rings. The highest BCUT2D eigenvalue weighted by molar-refractivity contribution is 5.92. The number of benzene rings is 2. The van der Waals surface area contributed by atoms with Gasteiger partial charge in [0.1, 0.15) is 11.6 Å². The van der Waals surface area contributed by atoms with Gasteiger partial charge in [0.15, 0.2) is 0 Å². The molecule has 1 heterocycles. The number of hydrogen-bond acceptors (Lipinski definition) is 3. The number of carbonyl (C=O) groups is 1. The monoisotopic (exact) mass is 373 g/mol. The Morgan fingerprint density at radius 3 is 2.48 bits per heavy atom. The van der Waals surface area contributed by atoms with E-state index in [9.17, 15) is 13.6 Å². The second-order valence-corrected chi connectivity index (χ2v) is 7.00. The van der Waals surface area contributed by atoms with Crippen molar-refractivity contribution in [3.05, 3.63) is 65.2 Å². The van der Waals surface area contributed by atoms with Crippen molar-refractivity contribution in [2.45, 2.75) is 32.4 Å². The van der Waals surface area contributed by atoms with Crippen LogP contribution in [0.25, 0.3) is 0 Å². The third-order valence-electron chi connectivity index (χ3n) is 4.84. The number of hydrogen-bond donors (Lipinski definition) is 2. The summed E-state index contributed by atoms with van der Waals surface area (Å²) in [6.07, 6.45) is 2.53. The zero-order chi connectivity index (χ0) is 19.2. The lowest BCUT2D eigenvalue weighted by Crippen LogP contribution is -2.30. The van der Waals surface area contributed by atoms with E-state index in [-0.39, 0.29) is 12.5 Å². The highest BCUT2D eigenvalue weighted by Gasteiger charge is 2.14. The highest BCUT2D eigenvalue weighted by atomic mass is 19.1. The summed E-state index contributed by atoms with van der Waals surface area (Å²) in [6, 6.07) is 10.9. The van der Waals surface area contributed by atoms with Crippen LogP contribution in [0.2, 0.25) is 0 Å². The lowest BCUT2D eigenvalue weighted by atomic mass is 10.1. The van der Waals surface area contributed by atoms with Gasteiger partial charge in [-0.05, 0) is 56.6 Å². The number of amides is 1. The number of nitrogens with one attached hydrogen (secondary N) is 2. The average molecular weight is 373 g/mol. The van der Waals surface area contributed by atoms with Gasteiger partial charge in [0, 0.05) is 29.9 Å². The Hall–Kier alpha value is -2.31. The first-order valence-corrected chi connectivity index (χ1v) is 9.31. The van der Waals surface area contributed by atoms with Crippen molar-refractivity contribution in [2.24, 2.45) is 0 Å². The van der Waals surface area contributed by atoms with Crippen LogP contribution < -0.4 is 10.6 Å². The summed E-state index contributed by atoms with van der Waals surface area (Å²) < 4.78 is 26.8. The van der Waals surface area contributed by atoms with Gasteiger partial charge in [0.2, 0.25) is 5.91 Å². The first-order chi connectivity index (χ1) is 13.0. The summed E-state index contributed by atoms with van der Waals surface area (Å²) in [4.78, 5) is 14.5. The van der Waals surface area contributed by atoms with Crippen LogP contribution in [0.4, 0.5) is 14.5 Å². The van der Waals surface area contributed by atoms with E-state index in [2.05, 4.69) is 15.5 Å². The van der Waals surface area contributed by atoms with E-state index >= 15 is 0 Å². The number of rotatable bonds is 7. The maximum atomic E-state index is 13.8. The van der Waals surface area contributed by atoms with Gasteiger partial charge in [-0.2, -0.15) is 0 Å². The molecule has 144 valence electrons. The number of nitrogens with zero attached hydrogens (tertiary/aromatic N) is 1. The predicted octanol–water partition coefficient (Wildman–Crippen LogP) is 3.85. The van der Waals surface area contributed by atoms with Crippen LogP contribution in [-0.4, -0.2) is 30.4 Å². The fraction of sp³-hybridized carbons (Fsp3) is 0.381. The topological polar surface area (TPSA) is 44.4 Å². The van der Waals surface area contributed by atoms with Crippen molar-refractivity contribution in [2.75, 3.05) is 25.0 Å². The molecule has 0 spiro atoms. The molecule has 27 heavy (non-hydrogen) atoms. The van der Waals surface area contributed by atoms with Crippen molar-refractivity contribution in [3.8, 4) is 0 Å². The number of carbonyl (C=O) groups excluding carboxylic acids is 1. The van der Waals surface area contributed by atoms with Gasteiger partial charge < -0.3 is 10.6 Å². The summed E-state index contributed by atoms with van der Waals surface area (Å²) in [6.45, 7) is 5.01. The normalized spacial score (nSPS) is 15.7. The van der Waals surface area contributed by atoms with E-state index in [1.807, 2.05) is 24.3 Å². The average Bonchev–Trinajstić information content (AvgIpc) is 3.14. The second kappa shape index (κ2) is 9.06. The molecular formula is C21H25F2N3O.